The number of ether oxygens (including phenoxy) is 3. The van der Waals surface area contributed by atoms with Gasteiger partial charge in [0.15, 0.2) is 11.5 Å². The first kappa shape index (κ1) is 34.5. The summed E-state index contributed by atoms with van der Waals surface area (Å²) in [5.74, 6) is -0.0342. The molecule has 1 aromatic heterocycles. The minimum atomic E-state index is -1.05. The number of aromatic nitrogens is 1. The number of pyridine rings is 1. The van der Waals surface area contributed by atoms with E-state index in [4.69, 9.17) is 14.2 Å². The molecule has 0 radical (unpaired) electrons. The Morgan fingerprint density at radius 2 is 1.85 bits per heavy atom. The fraction of sp³-hybridized carbons (Fsp3) is 0.342. The van der Waals surface area contributed by atoms with E-state index in [1.807, 2.05) is 45.0 Å². The molecule has 252 valence electrons. The maximum Gasteiger partial charge on any atom is 0.335 e. The monoisotopic (exact) mass is 655 g/mol. The zero-order valence-electron chi connectivity index (χ0n) is 27.6. The van der Waals surface area contributed by atoms with Crippen molar-refractivity contribution in [3.63, 3.8) is 0 Å². The third-order valence-corrected chi connectivity index (χ3v) is 8.22. The molecule has 3 heterocycles. The van der Waals surface area contributed by atoms with Crippen LogP contribution in [0.25, 0.3) is 11.1 Å². The van der Waals surface area contributed by atoms with Crippen LogP contribution in [0.15, 0.2) is 72.8 Å². The van der Waals surface area contributed by atoms with Gasteiger partial charge in [0.1, 0.15) is 24.0 Å². The number of hydrogen-bond acceptors (Lipinski definition) is 7. The van der Waals surface area contributed by atoms with Crippen LogP contribution in [-0.4, -0.2) is 47.8 Å². The minimum absolute atomic E-state index is 0.0183. The van der Waals surface area contributed by atoms with Crippen LogP contribution in [0.1, 0.15) is 72.8 Å². The van der Waals surface area contributed by atoms with Crippen molar-refractivity contribution in [2.24, 2.45) is 0 Å². The molecule has 48 heavy (non-hydrogen) atoms. The van der Waals surface area contributed by atoms with Crippen molar-refractivity contribution in [1.82, 2.24) is 10.3 Å². The highest BCUT2D eigenvalue weighted by molar-refractivity contribution is 5.90. The zero-order valence-corrected chi connectivity index (χ0v) is 27.6. The van der Waals surface area contributed by atoms with Crippen LogP contribution >= 0.6 is 0 Å². The van der Waals surface area contributed by atoms with Crippen LogP contribution in [-0.2, 0) is 16.0 Å². The van der Waals surface area contributed by atoms with Crippen LogP contribution < -0.4 is 20.1 Å². The van der Waals surface area contributed by atoms with E-state index in [2.05, 4.69) is 15.6 Å². The number of nitrogens with one attached hydrogen (secondary N) is 2. The van der Waals surface area contributed by atoms with Gasteiger partial charge < -0.3 is 30.0 Å². The Hall–Kier alpha value is -4.80. The number of aromatic carboxylic acids is 1. The van der Waals surface area contributed by atoms with Crippen LogP contribution in [0.3, 0.4) is 0 Å². The average Bonchev–Trinajstić information content (AvgIpc) is 3.09. The molecule has 4 aromatic rings. The SMILES string of the molecule is CC.Cc1cccc(NC(=O)C[C@H]2NCCc3cc(OCC4CCCCO4)c(Oc4ccc(-c5ccc(C(=O)O)cc5)c(F)c4)cc32)n1. The summed E-state index contributed by atoms with van der Waals surface area (Å²) in [7, 11) is 0. The predicted octanol–water partition coefficient (Wildman–Crippen LogP) is 7.88. The molecule has 0 bridgehead atoms. The predicted molar refractivity (Wildman–Crippen MR) is 182 cm³/mol. The van der Waals surface area contributed by atoms with Gasteiger partial charge in [0, 0.05) is 36.4 Å². The number of nitrogens with zero attached hydrogens (tertiary/aromatic N) is 1. The molecule has 0 spiro atoms. The molecule has 9 nitrogen and oxygen atoms in total. The Bertz CT molecular complexity index is 1720. The standard InChI is InChI=1S/C36H36FN3O6.C2H6/c1-22-5-4-7-34(39-22)40-35(41)20-31-29-19-33(32(17-25(29)14-15-38-31)45-21-27-6-2-3-16-44-27)46-26-12-13-28(30(37)18-26)23-8-10-24(11-9-23)36(42)43;1-2/h4-5,7-13,17-19,27,31,38H,2-3,6,14-16,20-21H2,1H3,(H,42,43)(H,39,40,41);1-2H3/t27?,31-;/m1./s1. The number of rotatable bonds is 10. The summed E-state index contributed by atoms with van der Waals surface area (Å²) in [5.41, 5.74) is 3.76. The number of anilines is 1. The van der Waals surface area contributed by atoms with Gasteiger partial charge in [0.05, 0.1) is 11.7 Å². The lowest BCUT2D eigenvalue weighted by atomic mass is 9.91. The maximum absolute atomic E-state index is 15.4. The number of amides is 1. The van der Waals surface area contributed by atoms with E-state index in [1.54, 1.807) is 30.3 Å². The molecule has 0 saturated carbocycles. The Kier molecular flexibility index (Phi) is 11.8. The molecule has 1 unspecified atom stereocenters. The Morgan fingerprint density at radius 1 is 1.04 bits per heavy atom. The van der Waals surface area contributed by atoms with Crippen LogP contribution in [0.2, 0.25) is 0 Å². The van der Waals surface area contributed by atoms with Gasteiger partial charge in [-0.1, -0.05) is 32.0 Å². The normalized spacial score (nSPS) is 16.9. The second kappa shape index (κ2) is 16.3. The minimum Gasteiger partial charge on any atom is -0.487 e. The molecule has 6 rings (SSSR count). The van der Waals surface area contributed by atoms with Crippen molar-refractivity contribution in [2.75, 3.05) is 25.1 Å². The second-order valence-corrected chi connectivity index (χ2v) is 11.6. The molecular formula is C38H42FN3O6. The third kappa shape index (κ3) is 8.76. The largest absolute Gasteiger partial charge is 0.487 e. The van der Waals surface area contributed by atoms with E-state index in [-0.39, 0.29) is 35.8 Å². The first-order chi connectivity index (χ1) is 23.3. The first-order valence-corrected chi connectivity index (χ1v) is 16.5. The summed E-state index contributed by atoms with van der Waals surface area (Å²) in [6.07, 6.45) is 3.94. The maximum atomic E-state index is 15.4. The summed E-state index contributed by atoms with van der Waals surface area (Å²) < 4.78 is 33.8. The number of halogens is 1. The first-order valence-electron chi connectivity index (χ1n) is 16.5. The molecule has 1 amide bonds. The fourth-order valence-electron chi connectivity index (χ4n) is 5.85. The highest BCUT2D eigenvalue weighted by atomic mass is 19.1. The van der Waals surface area contributed by atoms with Gasteiger partial charge in [0.2, 0.25) is 5.91 Å². The van der Waals surface area contributed by atoms with Crippen molar-refractivity contribution in [1.29, 1.82) is 0 Å². The Labute approximate surface area is 280 Å². The Morgan fingerprint density at radius 3 is 2.56 bits per heavy atom. The van der Waals surface area contributed by atoms with Gasteiger partial charge in [0.25, 0.3) is 0 Å². The number of carbonyl (C=O) groups excluding carboxylic acids is 1. The summed E-state index contributed by atoms with van der Waals surface area (Å²) >= 11 is 0. The molecular weight excluding hydrogens is 613 g/mol. The quantitative estimate of drug-likeness (QED) is 0.158. The number of aryl methyl sites for hydroxylation is 1. The number of benzene rings is 3. The van der Waals surface area contributed by atoms with Gasteiger partial charge in [-0.05, 0) is 104 Å². The molecule has 10 heteroatoms. The summed E-state index contributed by atoms with van der Waals surface area (Å²) in [6, 6.07) is 19.6. The van der Waals surface area contributed by atoms with E-state index in [1.165, 1.54) is 18.2 Å². The molecule has 1 saturated heterocycles. The van der Waals surface area contributed by atoms with E-state index < -0.39 is 11.8 Å². The van der Waals surface area contributed by atoms with Gasteiger partial charge in [-0.15, -0.1) is 0 Å². The number of carboxylic acids is 1. The summed E-state index contributed by atoms with van der Waals surface area (Å²) in [4.78, 5) is 28.6. The molecule has 2 aliphatic heterocycles. The third-order valence-electron chi connectivity index (χ3n) is 8.22. The van der Waals surface area contributed by atoms with E-state index >= 15 is 4.39 Å². The lowest BCUT2D eigenvalue weighted by Gasteiger charge is -2.29. The van der Waals surface area contributed by atoms with E-state index in [0.29, 0.717) is 48.2 Å². The fourth-order valence-corrected chi connectivity index (χ4v) is 5.85. The van der Waals surface area contributed by atoms with E-state index in [0.717, 1.165) is 42.5 Å². The topological polar surface area (TPSA) is 119 Å². The number of hydrogen-bond donors (Lipinski definition) is 3. The smallest absolute Gasteiger partial charge is 0.335 e. The van der Waals surface area contributed by atoms with Crippen LogP contribution in [0.4, 0.5) is 10.2 Å². The lowest BCUT2D eigenvalue weighted by molar-refractivity contribution is -0.116. The highest BCUT2D eigenvalue weighted by Gasteiger charge is 2.26. The summed E-state index contributed by atoms with van der Waals surface area (Å²) in [5, 5.41) is 15.5. The Balaban J connectivity index is 0.00000221. The summed E-state index contributed by atoms with van der Waals surface area (Å²) in [6.45, 7) is 7.63. The molecule has 0 aliphatic carbocycles. The number of carbonyl (C=O) groups is 2. The van der Waals surface area contributed by atoms with Gasteiger partial charge in [-0.2, -0.15) is 0 Å². The van der Waals surface area contributed by atoms with Gasteiger partial charge in [-0.25, -0.2) is 14.2 Å². The lowest BCUT2D eigenvalue weighted by Crippen LogP contribution is -2.33. The van der Waals surface area contributed by atoms with Crippen molar-refractivity contribution in [3.8, 4) is 28.4 Å². The van der Waals surface area contributed by atoms with Gasteiger partial charge >= 0.3 is 5.97 Å². The van der Waals surface area contributed by atoms with Crippen LogP contribution in [0, 0.1) is 12.7 Å². The van der Waals surface area contributed by atoms with Gasteiger partial charge in [-0.3, -0.25) is 4.79 Å². The second-order valence-electron chi connectivity index (χ2n) is 11.6. The van der Waals surface area contributed by atoms with Crippen LogP contribution in [0.5, 0.6) is 17.2 Å². The highest BCUT2D eigenvalue weighted by Crippen LogP contribution is 2.40. The molecule has 1 fully saturated rings. The number of carboxylic acid groups (broad SMARTS) is 1. The molecule has 2 atom stereocenters. The van der Waals surface area contributed by atoms with Crippen molar-refractivity contribution in [2.45, 2.75) is 65.0 Å². The molecule has 2 aliphatic rings. The molecule has 3 aromatic carbocycles. The van der Waals surface area contributed by atoms with E-state index in [9.17, 15) is 14.7 Å². The van der Waals surface area contributed by atoms with Crippen molar-refractivity contribution >= 4 is 17.7 Å². The average molecular weight is 656 g/mol. The van der Waals surface area contributed by atoms with Crippen molar-refractivity contribution in [3.05, 3.63) is 101 Å². The number of fused-ring (bicyclic) bond motifs is 1. The zero-order chi connectivity index (χ0) is 34.0. The molecule has 3 N–H and O–H groups in total. The van der Waals surface area contributed by atoms with Crippen molar-refractivity contribution < 1.29 is 33.3 Å².